The van der Waals surface area contributed by atoms with Crippen LogP contribution in [0.2, 0.25) is 0 Å². The number of carbonyl (C=O) groups is 1. The van der Waals surface area contributed by atoms with Crippen LogP contribution in [-0.2, 0) is 4.79 Å². The Morgan fingerprint density at radius 1 is 1.06 bits per heavy atom. The lowest BCUT2D eigenvalue weighted by atomic mass is 10.1. The molecule has 2 N–H and O–H groups in total. The van der Waals surface area contributed by atoms with Crippen molar-refractivity contribution >= 4 is 5.91 Å². The molecule has 0 saturated carbocycles. The van der Waals surface area contributed by atoms with Crippen LogP contribution in [0.5, 0.6) is 0 Å². The molecule has 3 nitrogen and oxygen atoms in total. The monoisotopic (exact) mass is 242 g/mol. The normalized spacial score (nSPS) is 16.3. The van der Waals surface area contributed by atoms with Crippen molar-refractivity contribution in [2.75, 3.05) is 0 Å². The minimum Gasteiger partial charge on any atom is -0.352 e. The van der Waals surface area contributed by atoms with E-state index >= 15 is 0 Å². The fourth-order valence-electron chi connectivity index (χ4n) is 2.06. The summed E-state index contributed by atoms with van der Waals surface area (Å²) < 4.78 is 0. The number of carbonyl (C=O) groups excluding carboxylic acids is 1. The lowest BCUT2D eigenvalue weighted by Crippen LogP contribution is -2.48. The molecule has 1 amide bonds. The van der Waals surface area contributed by atoms with Crippen molar-refractivity contribution in [2.24, 2.45) is 0 Å². The molecule has 0 aromatic rings. The number of nitrogens with one attached hydrogen (secondary N) is 2. The third-order valence-electron chi connectivity index (χ3n) is 3.12. The van der Waals surface area contributed by atoms with Crippen LogP contribution in [0.4, 0.5) is 0 Å². The summed E-state index contributed by atoms with van der Waals surface area (Å²) in [5, 5.41) is 6.45. The number of hydrogen-bond donors (Lipinski definition) is 2. The molecule has 3 heteroatoms. The molecule has 0 aromatic carbocycles. The zero-order chi connectivity index (χ0) is 13.3. The maximum atomic E-state index is 11.9. The van der Waals surface area contributed by atoms with Crippen molar-refractivity contribution in [1.82, 2.24) is 10.6 Å². The summed E-state index contributed by atoms with van der Waals surface area (Å²) in [7, 11) is 0. The van der Waals surface area contributed by atoms with Crippen molar-refractivity contribution in [3.63, 3.8) is 0 Å². The van der Waals surface area contributed by atoms with Crippen LogP contribution in [-0.4, -0.2) is 24.0 Å². The van der Waals surface area contributed by atoms with Crippen LogP contribution < -0.4 is 10.6 Å². The van der Waals surface area contributed by atoms with E-state index in [9.17, 15) is 4.79 Å². The Morgan fingerprint density at radius 3 is 2.12 bits per heavy atom. The molecule has 0 heterocycles. The Kier molecular flexibility index (Phi) is 9.14. The van der Waals surface area contributed by atoms with Gasteiger partial charge in [-0.2, -0.15) is 0 Å². The average Bonchev–Trinajstić information content (AvgIpc) is 2.28. The molecule has 0 spiro atoms. The lowest BCUT2D eigenvalue weighted by molar-refractivity contribution is -0.123. The first-order chi connectivity index (χ1) is 8.04. The van der Waals surface area contributed by atoms with Crippen molar-refractivity contribution in [1.29, 1.82) is 0 Å². The van der Waals surface area contributed by atoms with Gasteiger partial charge >= 0.3 is 0 Å². The van der Waals surface area contributed by atoms with Gasteiger partial charge in [-0.15, -0.1) is 0 Å². The molecule has 0 aliphatic rings. The van der Waals surface area contributed by atoms with E-state index in [0.29, 0.717) is 6.04 Å². The minimum absolute atomic E-state index is 0.0918. The molecule has 3 unspecified atom stereocenters. The molecule has 17 heavy (non-hydrogen) atoms. The van der Waals surface area contributed by atoms with Crippen LogP contribution in [0.15, 0.2) is 0 Å². The number of amides is 1. The van der Waals surface area contributed by atoms with Crippen molar-refractivity contribution in [3.8, 4) is 0 Å². The smallest absolute Gasteiger partial charge is 0.237 e. The van der Waals surface area contributed by atoms with Gasteiger partial charge in [-0.25, -0.2) is 0 Å². The van der Waals surface area contributed by atoms with Gasteiger partial charge < -0.3 is 10.6 Å². The summed E-state index contributed by atoms with van der Waals surface area (Å²) in [6.45, 7) is 10.5. The summed E-state index contributed by atoms with van der Waals surface area (Å²) in [4.78, 5) is 11.9. The zero-order valence-electron chi connectivity index (χ0n) is 12.2. The van der Waals surface area contributed by atoms with E-state index in [4.69, 9.17) is 0 Å². The summed E-state index contributed by atoms with van der Waals surface area (Å²) in [6.07, 6.45) is 5.53. The minimum atomic E-state index is -0.0918. The number of hydrogen-bond acceptors (Lipinski definition) is 2. The third kappa shape index (κ3) is 7.37. The molecule has 0 rings (SSSR count). The van der Waals surface area contributed by atoms with Gasteiger partial charge in [-0.05, 0) is 33.1 Å². The van der Waals surface area contributed by atoms with Gasteiger partial charge in [0.15, 0.2) is 0 Å². The van der Waals surface area contributed by atoms with Crippen LogP contribution in [0, 0.1) is 0 Å². The fraction of sp³-hybridized carbons (Fsp3) is 0.929. The first-order valence-corrected chi connectivity index (χ1v) is 7.11. The molecular weight excluding hydrogens is 212 g/mol. The molecule has 102 valence electrons. The van der Waals surface area contributed by atoms with Crippen LogP contribution in [0.25, 0.3) is 0 Å². The molecule has 3 atom stereocenters. The second kappa shape index (κ2) is 9.46. The van der Waals surface area contributed by atoms with Crippen LogP contribution in [0.3, 0.4) is 0 Å². The summed E-state index contributed by atoms with van der Waals surface area (Å²) in [5.74, 6) is 0.125. The van der Waals surface area contributed by atoms with E-state index in [1.165, 1.54) is 0 Å². The highest BCUT2D eigenvalue weighted by Gasteiger charge is 2.17. The van der Waals surface area contributed by atoms with E-state index in [1.54, 1.807) is 0 Å². The van der Waals surface area contributed by atoms with E-state index in [-0.39, 0.29) is 18.0 Å². The standard InChI is InChI=1S/C14H30N2O/c1-6-9-11(4)15-14(17)12(5)16-13(8-3)10-7-2/h11-13,16H,6-10H2,1-5H3,(H,15,17). The molecule has 0 saturated heterocycles. The highest BCUT2D eigenvalue weighted by Crippen LogP contribution is 2.03. The van der Waals surface area contributed by atoms with E-state index in [2.05, 4.69) is 38.3 Å². The zero-order valence-corrected chi connectivity index (χ0v) is 12.2. The Morgan fingerprint density at radius 2 is 1.65 bits per heavy atom. The van der Waals surface area contributed by atoms with Crippen LogP contribution >= 0.6 is 0 Å². The molecule has 0 aromatic heterocycles. The topological polar surface area (TPSA) is 41.1 Å². The number of rotatable bonds is 9. The molecule has 0 aliphatic carbocycles. The maximum absolute atomic E-state index is 11.9. The summed E-state index contributed by atoms with van der Waals surface area (Å²) in [6, 6.07) is 0.649. The van der Waals surface area contributed by atoms with Crippen molar-refractivity contribution in [2.45, 2.75) is 84.8 Å². The predicted octanol–water partition coefficient (Wildman–Crippen LogP) is 2.85. The van der Waals surface area contributed by atoms with Crippen molar-refractivity contribution < 1.29 is 4.79 Å². The van der Waals surface area contributed by atoms with Gasteiger partial charge in [0.25, 0.3) is 0 Å². The second-order valence-electron chi connectivity index (χ2n) is 4.98. The third-order valence-corrected chi connectivity index (χ3v) is 3.12. The Bertz CT molecular complexity index is 206. The first-order valence-electron chi connectivity index (χ1n) is 7.11. The SMILES string of the molecule is CCCC(C)NC(=O)C(C)NC(CC)CCC. The largest absolute Gasteiger partial charge is 0.352 e. The summed E-state index contributed by atoms with van der Waals surface area (Å²) >= 11 is 0. The maximum Gasteiger partial charge on any atom is 0.237 e. The van der Waals surface area contributed by atoms with Gasteiger partial charge in [0.1, 0.15) is 0 Å². The average molecular weight is 242 g/mol. The first kappa shape index (κ1) is 16.4. The highest BCUT2D eigenvalue weighted by atomic mass is 16.2. The molecule has 0 radical (unpaired) electrons. The molecule has 0 bridgehead atoms. The quantitative estimate of drug-likeness (QED) is 0.653. The molecule has 0 aliphatic heterocycles. The Labute approximate surface area is 107 Å². The predicted molar refractivity (Wildman–Crippen MR) is 74.1 cm³/mol. The van der Waals surface area contributed by atoms with Gasteiger partial charge in [0, 0.05) is 12.1 Å². The van der Waals surface area contributed by atoms with Gasteiger partial charge in [-0.3, -0.25) is 4.79 Å². The second-order valence-corrected chi connectivity index (χ2v) is 4.98. The van der Waals surface area contributed by atoms with Crippen molar-refractivity contribution in [3.05, 3.63) is 0 Å². The fourth-order valence-corrected chi connectivity index (χ4v) is 2.06. The molecule has 0 fully saturated rings. The molecular formula is C14H30N2O. The van der Waals surface area contributed by atoms with E-state index < -0.39 is 0 Å². The van der Waals surface area contributed by atoms with Gasteiger partial charge in [0.2, 0.25) is 5.91 Å². The van der Waals surface area contributed by atoms with Gasteiger partial charge in [-0.1, -0.05) is 33.6 Å². The summed E-state index contributed by atoms with van der Waals surface area (Å²) in [5.41, 5.74) is 0. The van der Waals surface area contributed by atoms with Gasteiger partial charge in [0.05, 0.1) is 6.04 Å². The van der Waals surface area contributed by atoms with E-state index in [1.807, 2.05) is 6.92 Å². The highest BCUT2D eigenvalue weighted by molar-refractivity contribution is 5.81. The lowest BCUT2D eigenvalue weighted by Gasteiger charge is -2.23. The van der Waals surface area contributed by atoms with Crippen LogP contribution in [0.1, 0.15) is 66.7 Å². The van der Waals surface area contributed by atoms with E-state index in [0.717, 1.165) is 32.1 Å². The Hall–Kier alpha value is -0.570. The Balaban J connectivity index is 4.02.